The van der Waals surface area contributed by atoms with E-state index in [0.29, 0.717) is 5.91 Å². The van der Waals surface area contributed by atoms with Crippen LogP contribution in [-0.4, -0.2) is 61.0 Å². The Morgan fingerprint density at radius 1 is 1.06 bits per heavy atom. The van der Waals surface area contributed by atoms with Gasteiger partial charge in [-0.3, -0.25) is 9.69 Å². The summed E-state index contributed by atoms with van der Waals surface area (Å²) in [6.45, 7) is 5.87. The maximum Gasteiger partial charge on any atom is 0.228 e. The Bertz CT molecular complexity index is 271. The lowest BCUT2D eigenvalue weighted by Crippen LogP contribution is -2.58. The van der Waals surface area contributed by atoms with Crippen molar-refractivity contribution in [3.05, 3.63) is 0 Å². The predicted octanol–water partition coefficient (Wildman–Crippen LogP) is 0.324. The predicted molar refractivity (Wildman–Crippen MR) is 69.4 cm³/mol. The van der Waals surface area contributed by atoms with E-state index in [1.807, 2.05) is 0 Å². The zero-order valence-corrected chi connectivity index (χ0v) is 11.0. The average molecular weight is 260 g/mol. The quantitative estimate of drug-likeness (QED) is 0.776. The summed E-state index contributed by atoms with van der Waals surface area (Å²) in [5.74, 6) is 0.655. The molecule has 3 aliphatic rings. The Balaban J connectivity index is 0.00000108. The van der Waals surface area contributed by atoms with Gasteiger partial charge in [0, 0.05) is 45.3 Å². The minimum Gasteiger partial charge on any atom is -0.340 e. The van der Waals surface area contributed by atoms with Gasteiger partial charge >= 0.3 is 0 Å². The van der Waals surface area contributed by atoms with Crippen LogP contribution >= 0.6 is 12.4 Å². The van der Waals surface area contributed by atoms with Crippen molar-refractivity contribution in [3.63, 3.8) is 0 Å². The molecular weight excluding hydrogens is 238 g/mol. The highest BCUT2D eigenvalue weighted by molar-refractivity contribution is 5.85. The van der Waals surface area contributed by atoms with Crippen LogP contribution in [0.3, 0.4) is 0 Å². The number of nitrogens with zero attached hydrogens (tertiary/aromatic N) is 2. The highest BCUT2D eigenvalue weighted by Crippen LogP contribution is 2.25. The third-order valence-electron chi connectivity index (χ3n) is 4.35. The minimum atomic E-state index is 0. The van der Waals surface area contributed by atoms with Gasteiger partial charge in [0.15, 0.2) is 0 Å². The molecular formula is C12H22ClN3O. The molecule has 1 N–H and O–H groups in total. The molecule has 1 amide bonds. The topological polar surface area (TPSA) is 35.6 Å². The molecule has 1 aliphatic carbocycles. The smallest absolute Gasteiger partial charge is 0.228 e. The van der Waals surface area contributed by atoms with Crippen molar-refractivity contribution in [2.75, 3.05) is 39.3 Å². The van der Waals surface area contributed by atoms with E-state index in [0.717, 1.165) is 45.3 Å². The number of carbonyl (C=O) groups excluding carboxylic acids is 1. The lowest BCUT2D eigenvalue weighted by molar-refractivity contribution is -0.139. The Labute approximate surface area is 109 Å². The summed E-state index contributed by atoms with van der Waals surface area (Å²) in [5.41, 5.74) is 0. The summed E-state index contributed by atoms with van der Waals surface area (Å²) >= 11 is 0. The molecule has 0 aromatic carbocycles. The van der Waals surface area contributed by atoms with E-state index < -0.39 is 0 Å². The van der Waals surface area contributed by atoms with Crippen LogP contribution in [0.25, 0.3) is 0 Å². The number of amides is 1. The van der Waals surface area contributed by atoms with Crippen LogP contribution < -0.4 is 5.32 Å². The molecule has 5 heteroatoms. The fraction of sp³-hybridized carbons (Fsp3) is 0.917. The molecule has 3 rings (SSSR count). The molecule has 0 atom stereocenters. The summed E-state index contributed by atoms with van der Waals surface area (Å²) in [7, 11) is 0. The molecule has 0 spiro atoms. The third-order valence-corrected chi connectivity index (χ3v) is 4.35. The zero-order chi connectivity index (χ0) is 11.0. The van der Waals surface area contributed by atoms with E-state index in [-0.39, 0.29) is 18.3 Å². The highest BCUT2D eigenvalue weighted by Gasteiger charge is 2.33. The SMILES string of the molecule is Cl.O=C(C1CNC1)N1CCN(C2CCC2)CC1. The van der Waals surface area contributed by atoms with Crippen LogP contribution in [-0.2, 0) is 4.79 Å². The molecule has 0 unspecified atom stereocenters. The number of halogens is 1. The fourth-order valence-electron chi connectivity index (χ4n) is 2.78. The van der Waals surface area contributed by atoms with Crippen LogP contribution in [0.5, 0.6) is 0 Å². The first-order valence-electron chi connectivity index (χ1n) is 6.58. The monoisotopic (exact) mass is 259 g/mol. The van der Waals surface area contributed by atoms with Gasteiger partial charge < -0.3 is 10.2 Å². The second-order valence-corrected chi connectivity index (χ2v) is 5.30. The Kier molecular flexibility index (Phi) is 4.28. The highest BCUT2D eigenvalue weighted by atomic mass is 35.5. The number of nitrogens with one attached hydrogen (secondary N) is 1. The van der Waals surface area contributed by atoms with E-state index >= 15 is 0 Å². The standard InChI is InChI=1S/C12H21N3O.ClH/c16-12(10-8-13-9-10)15-6-4-14(5-7-15)11-2-1-3-11;/h10-11,13H,1-9H2;1H. The number of piperazine rings is 1. The van der Waals surface area contributed by atoms with Crippen molar-refractivity contribution < 1.29 is 4.79 Å². The van der Waals surface area contributed by atoms with Crippen LogP contribution in [0.2, 0.25) is 0 Å². The molecule has 0 bridgehead atoms. The first-order chi connectivity index (χ1) is 7.84. The van der Waals surface area contributed by atoms with Crippen LogP contribution in [0.15, 0.2) is 0 Å². The average Bonchev–Trinajstić information content (AvgIpc) is 2.13. The largest absolute Gasteiger partial charge is 0.340 e. The number of carbonyl (C=O) groups is 1. The number of hydrogen-bond donors (Lipinski definition) is 1. The first kappa shape index (κ1) is 13.1. The molecule has 0 radical (unpaired) electrons. The van der Waals surface area contributed by atoms with Crippen molar-refractivity contribution >= 4 is 18.3 Å². The summed E-state index contributed by atoms with van der Waals surface area (Å²) in [4.78, 5) is 16.7. The van der Waals surface area contributed by atoms with Gasteiger partial charge in [0.25, 0.3) is 0 Å². The maximum absolute atomic E-state index is 12.0. The Morgan fingerprint density at radius 3 is 2.12 bits per heavy atom. The van der Waals surface area contributed by atoms with E-state index in [4.69, 9.17) is 0 Å². The normalized spacial score (nSPS) is 26.9. The molecule has 2 heterocycles. The Morgan fingerprint density at radius 2 is 1.71 bits per heavy atom. The number of rotatable bonds is 2. The van der Waals surface area contributed by atoms with Crippen LogP contribution in [0.4, 0.5) is 0 Å². The van der Waals surface area contributed by atoms with E-state index in [1.54, 1.807) is 0 Å². The Hall–Kier alpha value is -0.320. The van der Waals surface area contributed by atoms with E-state index in [9.17, 15) is 4.79 Å². The molecule has 2 saturated heterocycles. The second-order valence-electron chi connectivity index (χ2n) is 5.30. The fourth-order valence-corrected chi connectivity index (χ4v) is 2.78. The van der Waals surface area contributed by atoms with Gasteiger partial charge in [0.1, 0.15) is 0 Å². The molecule has 0 aromatic heterocycles. The van der Waals surface area contributed by atoms with Crippen molar-refractivity contribution in [1.82, 2.24) is 15.1 Å². The third kappa shape index (κ3) is 2.59. The summed E-state index contributed by atoms with van der Waals surface area (Å²) < 4.78 is 0. The molecule has 17 heavy (non-hydrogen) atoms. The van der Waals surface area contributed by atoms with Crippen molar-refractivity contribution in [2.45, 2.75) is 25.3 Å². The van der Waals surface area contributed by atoms with Crippen LogP contribution in [0.1, 0.15) is 19.3 Å². The van der Waals surface area contributed by atoms with Crippen molar-refractivity contribution in [3.8, 4) is 0 Å². The van der Waals surface area contributed by atoms with Gasteiger partial charge in [-0.05, 0) is 12.8 Å². The van der Waals surface area contributed by atoms with Gasteiger partial charge in [-0.1, -0.05) is 6.42 Å². The van der Waals surface area contributed by atoms with Gasteiger partial charge in [0.2, 0.25) is 5.91 Å². The van der Waals surface area contributed by atoms with E-state index in [2.05, 4.69) is 15.1 Å². The van der Waals surface area contributed by atoms with Crippen molar-refractivity contribution in [2.24, 2.45) is 5.92 Å². The number of hydrogen-bond acceptors (Lipinski definition) is 3. The molecule has 1 saturated carbocycles. The molecule has 2 aliphatic heterocycles. The summed E-state index contributed by atoms with van der Waals surface area (Å²) in [6, 6.07) is 0.836. The van der Waals surface area contributed by atoms with Gasteiger partial charge in [0.05, 0.1) is 5.92 Å². The zero-order valence-electron chi connectivity index (χ0n) is 10.2. The van der Waals surface area contributed by atoms with E-state index in [1.165, 1.54) is 19.3 Å². The van der Waals surface area contributed by atoms with Crippen LogP contribution in [0, 0.1) is 5.92 Å². The summed E-state index contributed by atoms with van der Waals surface area (Å²) in [5, 5.41) is 3.17. The van der Waals surface area contributed by atoms with Gasteiger partial charge in [-0.25, -0.2) is 0 Å². The summed E-state index contributed by atoms with van der Waals surface area (Å²) in [6.07, 6.45) is 4.15. The lowest BCUT2D eigenvalue weighted by atomic mass is 9.91. The molecule has 4 nitrogen and oxygen atoms in total. The molecule has 98 valence electrons. The maximum atomic E-state index is 12.0. The van der Waals surface area contributed by atoms with Gasteiger partial charge in [-0.15, -0.1) is 12.4 Å². The molecule has 3 fully saturated rings. The van der Waals surface area contributed by atoms with Crippen molar-refractivity contribution in [1.29, 1.82) is 0 Å². The molecule has 0 aromatic rings. The minimum absolute atomic E-state index is 0. The van der Waals surface area contributed by atoms with Gasteiger partial charge in [-0.2, -0.15) is 0 Å². The lowest BCUT2D eigenvalue weighted by Gasteiger charge is -2.44. The first-order valence-corrected chi connectivity index (χ1v) is 6.58. The second kappa shape index (κ2) is 5.55.